The Kier molecular flexibility index (Phi) is 3.51. The third kappa shape index (κ3) is 2.46. The number of carbonyl (C=O) groups excluding carboxylic acids is 2. The van der Waals surface area contributed by atoms with Gasteiger partial charge in [0.15, 0.2) is 22.9 Å². The highest BCUT2D eigenvalue weighted by molar-refractivity contribution is 6.10. The molecule has 0 radical (unpaired) electrons. The van der Waals surface area contributed by atoms with Crippen molar-refractivity contribution in [1.29, 1.82) is 0 Å². The van der Waals surface area contributed by atoms with Gasteiger partial charge in [-0.05, 0) is 30.7 Å². The van der Waals surface area contributed by atoms with Crippen LogP contribution in [-0.4, -0.2) is 30.0 Å². The number of ether oxygens (including phenoxy) is 2. The molecule has 25 heavy (non-hydrogen) atoms. The molecule has 2 aliphatic heterocycles. The lowest BCUT2D eigenvalue weighted by Gasteiger charge is -2.21. The number of aryl methyl sites for hydroxylation is 1. The number of benzene rings is 2. The number of ketones is 1. The number of aliphatic hydroxyl groups is 1. The molecule has 4 rings (SSSR count). The van der Waals surface area contributed by atoms with Crippen molar-refractivity contribution in [3.63, 3.8) is 0 Å². The Morgan fingerprint density at radius 3 is 2.76 bits per heavy atom. The number of fused-ring (bicyclic) bond motifs is 2. The zero-order valence-corrected chi connectivity index (χ0v) is 13.7. The lowest BCUT2D eigenvalue weighted by molar-refractivity contribution is -0.133. The first-order chi connectivity index (χ1) is 12.0. The molecule has 0 aromatic heterocycles. The molecule has 0 bridgehead atoms. The Balaban J connectivity index is 1.65. The standard InChI is InChI=1S/C19H17NO5/c1-11-3-2-4-13-17(11)20-18(22)19(13,23)10-14(21)12-5-6-15-16(9-12)25-8-7-24-15/h2-6,9,23H,7-8,10H2,1H3,(H,20,22)/t19-/m0/s1. The van der Waals surface area contributed by atoms with Gasteiger partial charge in [0.2, 0.25) is 0 Å². The molecule has 0 saturated carbocycles. The molecule has 128 valence electrons. The van der Waals surface area contributed by atoms with E-state index >= 15 is 0 Å². The number of nitrogens with one attached hydrogen (secondary N) is 1. The Bertz CT molecular complexity index is 891. The fourth-order valence-corrected chi connectivity index (χ4v) is 3.24. The smallest absolute Gasteiger partial charge is 0.261 e. The van der Waals surface area contributed by atoms with E-state index < -0.39 is 11.5 Å². The van der Waals surface area contributed by atoms with E-state index in [4.69, 9.17) is 9.47 Å². The van der Waals surface area contributed by atoms with Crippen molar-refractivity contribution in [3.05, 3.63) is 53.1 Å². The van der Waals surface area contributed by atoms with Crippen LogP contribution in [0.15, 0.2) is 36.4 Å². The molecule has 2 aromatic carbocycles. The summed E-state index contributed by atoms with van der Waals surface area (Å²) in [7, 11) is 0. The summed E-state index contributed by atoms with van der Waals surface area (Å²) in [5.74, 6) is 0.156. The van der Waals surface area contributed by atoms with Crippen LogP contribution >= 0.6 is 0 Å². The van der Waals surface area contributed by atoms with E-state index in [0.29, 0.717) is 41.5 Å². The van der Waals surface area contributed by atoms with Crippen LogP contribution in [0.1, 0.15) is 27.9 Å². The zero-order valence-electron chi connectivity index (χ0n) is 13.7. The molecule has 2 heterocycles. The van der Waals surface area contributed by atoms with E-state index in [0.717, 1.165) is 5.56 Å². The molecule has 0 fully saturated rings. The lowest BCUT2D eigenvalue weighted by Crippen LogP contribution is -2.36. The molecule has 2 N–H and O–H groups in total. The average Bonchev–Trinajstić information content (AvgIpc) is 2.87. The predicted octanol–water partition coefficient (Wildman–Crippen LogP) is 2.18. The quantitative estimate of drug-likeness (QED) is 0.837. The predicted molar refractivity (Wildman–Crippen MR) is 90.1 cm³/mol. The lowest BCUT2D eigenvalue weighted by atomic mass is 9.87. The molecule has 1 amide bonds. The van der Waals surface area contributed by atoms with Crippen LogP contribution in [0, 0.1) is 6.92 Å². The van der Waals surface area contributed by atoms with E-state index in [2.05, 4.69) is 5.32 Å². The number of hydrogen-bond donors (Lipinski definition) is 2. The van der Waals surface area contributed by atoms with Gasteiger partial charge in [0.05, 0.1) is 12.1 Å². The van der Waals surface area contributed by atoms with Crippen LogP contribution < -0.4 is 14.8 Å². The van der Waals surface area contributed by atoms with Crippen LogP contribution in [-0.2, 0) is 10.4 Å². The molecule has 0 spiro atoms. The first-order valence-electron chi connectivity index (χ1n) is 8.06. The molecule has 6 heteroatoms. The summed E-state index contributed by atoms with van der Waals surface area (Å²) in [5, 5.41) is 13.6. The van der Waals surface area contributed by atoms with Gasteiger partial charge in [-0.15, -0.1) is 0 Å². The van der Waals surface area contributed by atoms with Gasteiger partial charge < -0.3 is 19.9 Å². The first kappa shape index (κ1) is 15.7. The van der Waals surface area contributed by atoms with Crippen molar-refractivity contribution in [2.24, 2.45) is 0 Å². The fourth-order valence-electron chi connectivity index (χ4n) is 3.24. The minimum absolute atomic E-state index is 0.338. The van der Waals surface area contributed by atoms with E-state index in [1.807, 2.05) is 13.0 Å². The van der Waals surface area contributed by atoms with Crippen LogP contribution in [0.3, 0.4) is 0 Å². The van der Waals surface area contributed by atoms with Gasteiger partial charge in [0, 0.05) is 11.1 Å². The van der Waals surface area contributed by atoms with Gasteiger partial charge in [-0.1, -0.05) is 18.2 Å². The largest absolute Gasteiger partial charge is 0.486 e. The highest BCUT2D eigenvalue weighted by Gasteiger charge is 2.47. The fraction of sp³-hybridized carbons (Fsp3) is 0.263. The van der Waals surface area contributed by atoms with Crippen LogP contribution in [0.5, 0.6) is 11.5 Å². The van der Waals surface area contributed by atoms with Gasteiger partial charge >= 0.3 is 0 Å². The van der Waals surface area contributed by atoms with Gasteiger partial charge in [-0.3, -0.25) is 9.59 Å². The van der Waals surface area contributed by atoms with E-state index in [9.17, 15) is 14.7 Å². The van der Waals surface area contributed by atoms with Gasteiger partial charge in [-0.2, -0.15) is 0 Å². The van der Waals surface area contributed by atoms with E-state index in [1.165, 1.54) is 0 Å². The highest BCUT2D eigenvalue weighted by Crippen LogP contribution is 2.41. The highest BCUT2D eigenvalue weighted by atomic mass is 16.6. The molecule has 2 aromatic rings. The second kappa shape index (κ2) is 5.60. The van der Waals surface area contributed by atoms with Crippen molar-refractivity contribution < 1.29 is 24.2 Å². The second-order valence-electron chi connectivity index (χ2n) is 6.27. The molecular weight excluding hydrogens is 322 g/mol. The van der Waals surface area contributed by atoms with Crippen molar-refractivity contribution in [2.45, 2.75) is 18.9 Å². The van der Waals surface area contributed by atoms with E-state index in [1.54, 1.807) is 30.3 Å². The normalized spacial score (nSPS) is 20.8. The van der Waals surface area contributed by atoms with E-state index in [-0.39, 0.29) is 12.2 Å². The Morgan fingerprint density at radius 2 is 1.96 bits per heavy atom. The molecule has 0 unspecified atom stereocenters. The molecule has 2 aliphatic rings. The SMILES string of the molecule is Cc1cccc2c1NC(=O)[C@]2(O)CC(=O)c1ccc2c(c1)OCCO2. The summed E-state index contributed by atoms with van der Waals surface area (Å²) in [6, 6.07) is 10.1. The topological polar surface area (TPSA) is 84.9 Å². The number of carbonyl (C=O) groups is 2. The Labute approximate surface area is 144 Å². The van der Waals surface area contributed by atoms with Crippen LogP contribution in [0.25, 0.3) is 0 Å². The number of anilines is 1. The summed E-state index contributed by atoms with van der Waals surface area (Å²) < 4.78 is 10.9. The maximum absolute atomic E-state index is 12.7. The Hall–Kier alpha value is -2.86. The van der Waals surface area contributed by atoms with Crippen LogP contribution in [0.4, 0.5) is 5.69 Å². The second-order valence-corrected chi connectivity index (χ2v) is 6.27. The van der Waals surface area contributed by atoms with Crippen LogP contribution in [0.2, 0.25) is 0 Å². The molecule has 0 aliphatic carbocycles. The third-order valence-corrected chi connectivity index (χ3v) is 4.61. The third-order valence-electron chi connectivity index (χ3n) is 4.61. The number of Topliss-reactive ketones (excluding diaryl/α,β-unsaturated/α-hetero) is 1. The minimum Gasteiger partial charge on any atom is -0.486 e. The summed E-state index contributed by atoms with van der Waals surface area (Å²) >= 11 is 0. The van der Waals surface area contributed by atoms with Crippen molar-refractivity contribution >= 4 is 17.4 Å². The molecular formula is C19H17NO5. The first-order valence-corrected chi connectivity index (χ1v) is 8.06. The number of para-hydroxylation sites is 1. The summed E-state index contributed by atoms with van der Waals surface area (Å²) in [6.45, 7) is 2.73. The van der Waals surface area contributed by atoms with Gasteiger partial charge in [0.1, 0.15) is 13.2 Å². The monoisotopic (exact) mass is 339 g/mol. The number of rotatable bonds is 3. The van der Waals surface area contributed by atoms with Crippen molar-refractivity contribution in [1.82, 2.24) is 0 Å². The number of hydrogen-bond acceptors (Lipinski definition) is 5. The maximum Gasteiger partial charge on any atom is 0.261 e. The van der Waals surface area contributed by atoms with Gasteiger partial charge in [-0.25, -0.2) is 0 Å². The Morgan fingerprint density at radius 1 is 1.20 bits per heavy atom. The minimum atomic E-state index is -1.87. The van der Waals surface area contributed by atoms with Crippen molar-refractivity contribution in [3.8, 4) is 11.5 Å². The summed E-state index contributed by atoms with van der Waals surface area (Å²) in [6.07, 6.45) is -0.338. The number of amides is 1. The maximum atomic E-state index is 12.7. The molecule has 1 atom stereocenters. The van der Waals surface area contributed by atoms with Gasteiger partial charge in [0.25, 0.3) is 5.91 Å². The summed E-state index contributed by atoms with van der Waals surface area (Å²) in [4.78, 5) is 25.0. The average molecular weight is 339 g/mol. The summed E-state index contributed by atoms with van der Waals surface area (Å²) in [5.41, 5.74) is 0.347. The van der Waals surface area contributed by atoms with Crippen molar-refractivity contribution in [2.75, 3.05) is 18.5 Å². The zero-order chi connectivity index (χ0) is 17.6. The molecule has 6 nitrogen and oxygen atoms in total. The molecule has 0 saturated heterocycles.